The van der Waals surface area contributed by atoms with Crippen LogP contribution in [0.25, 0.3) is 0 Å². The molecule has 0 saturated carbocycles. The average Bonchev–Trinajstić information content (AvgIpc) is 2.09. The summed E-state index contributed by atoms with van der Waals surface area (Å²) in [6.07, 6.45) is 0.960. The second kappa shape index (κ2) is 6.60. The Morgan fingerprint density at radius 3 is 2.57 bits per heavy atom. The Morgan fingerprint density at radius 1 is 1.43 bits per heavy atom. The van der Waals surface area contributed by atoms with E-state index >= 15 is 0 Å². The maximum atomic E-state index is 13.0. The summed E-state index contributed by atoms with van der Waals surface area (Å²) in [5.41, 5.74) is 0. The van der Waals surface area contributed by atoms with Crippen molar-refractivity contribution in [3.8, 4) is 0 Å². The van der Waals surface area contributed by atoms with Crippen LogP contribution in [0.3, 0.4) is 0 Å². The molecule has 1 radical (unpaired) electrons. The van der Waals surface area contributed by atoms with Crippen molar-refractivity contribution in [3.05, 3.63) is 29.8 Å². The van der Waals surface area contributed by atoms with Crippen molar-refractivity contribution >= 4 is 11.8 Å². The molecule has 1 atom stereocenters. The maximum absolute atomic E-state index is 13.0. The molecule has 1 aromatic rings. The predicted octanol–water partition coefficient (Wildman–Crippen LogP) is 3.65. The van der Waals surface area contributed by atoms with E-state index in [0.29, 0.717) is 10.1 Å². The Balaban J connectivity index is 0.00000169. The van der Waals surface area contributed by atoms with Crippen LogP contribution in [-0.2, 0) is 21.7 Å². The second-order valence-electron chi connectivity index (χ2n) is 2.82. The van der Waals surface area contributed by atoms with E-state index in [0.717, 1.165) is 6.42 Å². The van der Waals surface area contributed by atoms with E-state index in [1.54, 1.807) is 0 Å². The Morgan fingerprint density at radius 2 is 2.07 bits per heavy atom. The molecular weight excluding hydrogens is 238 g/mol. The van der Waals surface area contributed by atoms with Crippen LogP contribution < -0.4 is 0 Å². The summed E-state index contributed by atoms with van der Waals surface area (Å²) in [6.45, 7) is 4.04. The van der Waals surface area contributed by atoms with Crippen LogP contribution in [0.2, 0.25) is 0 Å². The van der Waals surface area contributed by atoms with Crippen molar-refractivity contribution in [1.29, 1.82) is 0 Å². The molecule has 0 aliphatic rings. The van der Waals surface area contributed by atoms with E-state index in [-0.39, 0.29) is 21.7 Å². The van der Waals surface area contributed by atoms with Gasteiger partial charge in [-0.3, -0.25) is 0 Å². The van der Waals surface area contributed by atoms with Crippen molar-refractivity contribution in [2.45, 2.75) is 30.4 Å². The summed E-state index contributed by atoms with van der Waals surface area (Å²) in [4.78, 5) is 0.468. The maximum Gasteiger partial charge on any atom is 0.147 e. The summed E-state index contributed by atoms with van der Waals surface area (Å²) in [6, 6.07) is 4.70. The molecule has 75 valence electrons. The zero-order valence-corrected chi connectivity index (χ0v) is 10.5. The summed E-state index contributed by atoms with van der Waals surface area (Å²) in [5, 5.41) is 0.341. The van der Waals surface area contributed by atoms with Gasteiger partial charge in [-0.05, 0) is 18.6 Å². The van der Waals surface area contributed by atoms with Gasteiger partial charge in [-0.1, -0.05) is 13.8 Å². The van der Waals surface area contributed by atoms with Crippen LogP contribution in [0.4, 0.5) is 8.78 Å². The summed E-state index contributed by atoms with van der Waals surface area (Å²) >= 11 is 1.41. The van der Waals surface area contributed by atoms with Crippen LogP contribution in [0.5, 0.6) is 0 Å². The third-order valence-corrected chi connectivity index (χ3v) is 3.03. The molecule has 1 aromatic carbocycles. The van der Waals surface area contributed by atoms with Gasteiger partial charge in [-0.2, -0.15) is 0 Å². The van der Waals surface area contributed by atoms with Gasteiger partial charge in [0.1, 0.15) is 11.6 Å². The number of thioether (sulfide) groups is 1. The Bertz CT molecular complexity index is 291. The smallest absolute Gasteiger partial charge is 0.147 e. The Labute approximate surface area is 102 Å². The van der Waals surface area contributed by atoms with Crippen molar-refractivity contribution < 1.29 is 30.5 Å². The predicted molar refractivity (Wildman–Crippen MR) is 50.8 cm³/mol. The topological polar surface area (TPSA) is 0 Å². The average molecular weight is 249 g/mol. The Kier molecular flexibility index (Phi) is 6.66. The molecule has 0 heterocycles. The van der Waals surface area contributed by atoms with Crippen LogP contribution in [0, 0.1) is 17.7 Å². The van der Waals surface area contributed by atoms with Crippen molar-refractivity contribution in [2.24, 2.45) is 0 Å². The third-order valence-electron chi connectivity index (χ3n) is 1.73. The van der Waals surface area contributed by atoms with Gasteiger partial charge in [-0.15, -0.1) is 11.8 Å². The minimum Gasteiger partial charge on any atom is -0.206 e. The van der Waals surface area contributed by atoms with Gasteiger partial charge in [0.15, 0.2) is 0 Å². The zero-order chi connectivity index (χ0) is 9.84. The molecule has 0 bridgehead atoms. The Hall–Kier alpha value is 0.144. The van der Waals surface area contributed by atoms with E-state index in [9.17, 15) is 8.78 Å². The van der Waals surface area contributed by atoms with E-state index in [1.165, 1.54) is 23.9 Å². The summed E-state index contributed by atoms with van der Waals surface area (Å²) in [7, 11) is 0. The molecule has 0 aliphatic heterocycles. The van der Waals surface area contributed by atoms with Gasteiger partial charge >= 0.3 is 0 Å². The van der Waals surface area contributed by atoms with Gasteiger partial charge in [0.05, 0.1) is 6.07 Å². The molecule has 0 nitrogen and oxygen atoms in total. The first-order chi connectivity index (χ1) is 6.13. The fraction of sp³-hybridized carbons (Fsp3) is 0.400. The molecule has 0 fully saturated rings. The van der Waals surface area contributed by atoms with Crippen LogP contribution in [0.15, 0.2) is 17.0 Å². The molecule has 0 amide bonds. The molecular formula is C10H11F2STi. The molecule has 0 spiro atoms. The van der Waals surface area contributed by atoms with Gasteiger partial charge in [0, 0.05) is 31.9 Å². The van der Waals surface area contributed by atoms with Crippen molar-refractivity contribution in [3.63, 3.8) is 0 Å². The molecule has 4 heteroatoms. The minimum absolute atomic E-state index is 0. The second-order valence-corrected chi connectivity index (χ2v) is 4.30. The van der Waals surface area contributed by atoms with Crippen molar-refractivity contribution in [2.75, 3.05) is 0 Å². The first kappa shape index (κ1) is 14.1. The van der Waals surface area contributed by atoms with Crippen LogP contribution in [0.1, 0.15) is 20.3 Å². The standard InChI is InChI=1S/C10H11F2S.Ti/c1-3-7(2)13-10-5-4-8(11)6-9(10)12;/h4-5,7H,3H2,1-2H3;. The zero-order valence-electron chi connectivity index (χ0n) is 8.10. The summed E-state index contributed by atoms with van der Waals surface area (Å²) in [5.74, 6) is -1.24. The van der Waals surface area contributed by atoms with E-state index in [2.05, 4.69) is 0 Å². The molecule has 0 aromatic heterocycles. The third kappa shape index (κ3) is 4.12. The minimum atomic E-state index is -0.647. The van der Waals surface area contributed by atoms with Crippen LogP contribution in [-0.4, -0.2) is 5.25 Å². The number of hydrogen-bond donors (Lipinski definition) is 0. The molecule has 0 N–H and O–H groups in total. The number of hydrogen-bond acceptors (Lipinski definition) is 1. The number of halogens is 2. The SMILES string of the molecule is CCC(C)Sc1ccc(F)[c]c1F.[Ti]. The molecule has 14 heavy (non-hydrogen) atoms. The van der Waals surface area contributed by atoms with E-state index in [4.69, 9.17) is 0 Å². The van der Waals surface area contributed by atoms with E-state index < -0.39 is 11.6 Å². The fourth-order valence-electron chi connectivity index (χ4n) is 0.821. The van der Waals surface area contributed by atoms with Gasteiger partial charge < -0.3 is 0 Å². The first-order valence-electron chi connectivity index (χ1n) is 4.17. The normalized spacial score (nSPS) is 12.0. The fourth-order valence-corrected chi connectivity index (χ4v) is 1.72. The van der Waals surface area contributed by atoms with Gasteiger partial charge in [0.2, 0.25) is 0 Å². The largest absolute Gasteiger partial charge is 0.206 e. The number of benzene rings is 1. The monoisotopic (exact) mass is 249 g/mol. The molecule has 0 aliphatic carbocycles. The molecule has 0 saturated heterocycles. The quantitative estimate of drug-likeness (QED) is 0.582. The molecule has 1 rings (SSSR count). The summed E-state index contributed by atoms with van der Waals surface area (Å²) < 4.78 is 25.5. The first-order valence-corrected chi connectivity index (χ1v) is 5.05. The molecule has 1 unspecified atom stereocenters. The number of rotatable bonds is 3. The van der Waals surface area contributed by atoms with E-state index in [1.807, 2.05) is 19.9 Å². The van der Waals surface area contributed by atoms with Gasteiger partial charge in [0.25, 0.3) is 0 Å². The van der Waals surface area contributed by atoms with Gasteiger partial charge in [-0.25, -0.2) is 8.78 Å². The van der Waals surface area contributed by atoms with Crippen molar-refractivity contribution in [1.82, 2.24) is 0 Å². The van der Waals surface area contributed by atoms with Crippen LogP contribution >= 0.6 is 11.8 Å².